The molecule has 0 bridgehead atoms. The van der Waals surface area contributed by atoms with Gasteiger partial charge in [-0.25, -0.2) is 0 Å². The fourth-order valence-corrected chi connectivity index (χ4v) is 2.50. The SMILES string of the molecule is CCOC1(CN)CCc2ccc(C)cc21. The standard InChI is InChI=1S/C13H19NO/c1-3-15-13(9-14)7-6-11-5-4-10(2)8-12(11)13/h4-5,8H,3,6-7,9,14H2,1-2H3. The molecular weight excluding hydrogens is 186 g/mol. The van der Waals surface area contributed by atoms with E-state index >= 15 is 0 Å². The fourth-order valence-electron chi connectivity index (χ4n) is 2.50. The molecule has 0 fully saturated rings. The molecule has 0 aliphatic heterocycles. The van der Waals surface area contributed by atoms with Crippen LogP contribution in [-0.2, 0) is 16.8 Å². The summed E-state index contributed by atoms with van der Waals surface area (Å²) in [7, 11) is 0. The normalized spacial score (nSPS) is 24.2. The first-order valence-corrected chi connectivity index (χ1v) is 5.66. The van der Waals surface area contributed by atoms with Crippen molar-refractivity contribution in [3.8, 4) is 0 Å². The van der Waals surface area contributed by atoms with Gasteiger partial charge in [-0.3, -0.25) is 0 Å². The summed E-state index contributed by atoms with van der Waals surface area (Å²) < 4.78 is 5.90. The van der Waals surface area contributed by atoms with Crippen LogP contribution in [0.3, 0.4) is 0 Å². The Morgan fingerprint density at radius 1 is 1.47 bits per heavy atom. The predicted molar refractivity (Wildman–Crippen MR) is 61.9 cm³/mol. The molecule has 82 valence electrons. The van der Waals surface area contributed by atoms with Gasteiger partial charge in [-0.15, -0.1) is 0 Å². The van der Waals surface area contributed by atoms with Crippen LogP contribution in [-0.4, -0.2) is 13.2 Å². The van der Waals surface area contributed by atoms with Crippen molar-refractivity contribution < 1.29 is 4.74 Å². The van der Waals surface area contributed by atoms with E-state index in [0.29, 0.717) is 6.54 Å². The van der Waals surface area contributed by atoms with Crippen LogP contribution in [0.2, 0.25) is 0 Å². The van der Waals surface area contributed by atoms with E-state index in [4.69, 9.17) is 10.5 Å². The van der Waals surface area contributed by atoms with Crippen LogP contribution in [0.5, 0.6) is 0 Å². The highest BCUT2D eigenvalue weighted by Gasteiger charge is 2.38. The fraction of sp³-hybridized carbons (Fsp3) is 0.538. The minimum absolute atomic E-state index is 0.212. The Morgan fingerprint density at radius 3 is 2.93 bits per heavy atom. The van der Waals surface area contributed by atoms with Crippen LogP contribution >= 0.6 is 0 Å². The Morgan fingerprint density at radius 2 is 2.27 bits per heavy atom. The summed E-state index contributed by atoms with van der Waals surface area (Å²) in [6.07, 6.45) is 2.11. The van der Waals surface area contributed by atoms with Gasteiger partial charge in [0.15, 0.2) is 0 Å². The van der Waals surface area contributed by atoms with E-state index in [9.17, 15) is 0 Å². The molecule has 0 amide bonds. The van der Waals surface area contributed by atoms with Gasteiger partial charge in [0.25, 0.3) is 0 Å². The highest BCUT2D eigenvalue weighted by molar-refractivity contribution is 5.40. The number of hydrogen-bond donors (Lipinski definition) is 1. The van der Waals surface area contributed by atoms with Gasteiger partial charge in [-0.1, -0.05) is 23.8 Å². The maximum absolute atomic E-state index is 5.90. The number of rotatable bonds is 3. The van der Waals surface area contributed by atoms with Gasteiger partial charge < -0.3 is 10.5 Å². The average molecular weight is 205 g/mol. The van der Waals surface area contributed by atoms with Crippen molar-refractivity contribution in [2.24, 2.45) is 5.73 Å². The summed E-state index contributed by atoms with van der Waals surface area (Å²) in [6, 6.07) is 6.60. The molecule has 0 heterocycles. The molecule has 2 rings (SSSR count). The molecule has 0 radical (unpaired) electrons. The molecule has 2 heteroatoms. The number of aryl methyl sites for hydroxylation is 2. The summed E-state index contributed by atoms with van der Waals surface area (Å²) >= 11 is 0. The largest absolute Gasteiger partial charge is 0.369 e. The summed E-state index contributed by atoms with van der Waals surface area (Å²) in [4.78, 5) is 0. The Bertz CT molecular complexity index is 358. The molecule has 1 aromatic carbocycles. The molecule has 0 saturated carbocycles. The van der Waals surface area contributed by atoms with Gasteiger partial charge in [0.2, 0.25) is 0 Å². The predicted octanol–water partition coefficient (Wildman–Crippen LogP) is 2.13. The van der Waals surface area contributed by atoms with Crippen molar-refractivity contribution in [2.45, 2.75) is 32.3 Å². The topological polar surface area (TPSA) is 35.2 Å². The van der Waals surface area contributed by atoms with Crippen molar-refractivity contribution in [1.82, 2.24) is 0 Å². The Balaban J connectivity index is 2.44. The van der Waals surface area contributed by atoms with Crippen molar-refractivity contribution in [1.29, 1.82) is 0 Å². The molecule has 1 atom stereocenters. The minimum atomic E-state index is -0.212. The molecule has 1 aromatic rings. The third-order valence-corrected chi connectivity index (χ3v) is 3.30. The molecule has 2 nitrogen and oxygen atoms in total. The van der Waals surface area contributed by atoms with Crippen LogP contribution in [0.15, 0.2) is 18.2 Å². The molecule has 15 heavy (non-hydrogen) atoms. The Kier molecular flexibility index (Phi) is 2.81. The zero-order valence-electron chi connectivity index (χ0n) is 9.55. The molecule has 1 aliphatic carbocycles. The summed E-state index contributed by atoms with van der Waals surface area (Å²) in [5.74, 6) is 0. The second-order valence-corrected chi connectivity index (χ2v) is 4.29. The van der Waals surface area contributed by atoms with Gasteiger partial charge in [0.1, 0.15) is 5.60 Å². The van der Waals surface area contributed by atoms with Gasteiger partial charge in [0, 0.05) is 13.2 Å². The molecular formula is C13H19NO. The lowest BCUT2D eigenvalue weighted by molar-refractivity contribution is -0.0355. The van der Waals surface area contributed by atoms with Crippen LogP contribution < -0.4 is 5.73 Å². The van der Waals surface area contributed by atoms with E-state index in [1.165, 1.54) is 16.7 Å². The molecule has 1 aliphatic rings. The Labute approximate surface area is 91.4 Å². The number of fused-ring (bicyclic) bond motifs is 1. The van der Waals surface area contributed by atoms with Gasteiger partial charge in [0.05, 0.1) is 0 Å². The zero-order chi connectivity index (χ0) is 10.9. The quantitative estimate of drug-likeness (QED) is 0.820. The first-order valence-electron chi connectivity index (χ1n) is 5.66. The lowest BCUT2D eigenvalue weighted by atomic mass is 9.94. The van der Waals surface area contributed by atoms with E-state index in [0.717, 1.165) is 19.4 Å². The maximum atomic E-state index is 5.90. The molecule has 0 aromatic heterocycles. The summed E-state index contributed by atoms with van der Waals surface area (Å²) in [5.41, 5.74) is 9.68. The van der Waals surface area contributed by atoms with E-state index in [2.05, 4.69) is 25.1 Å². The van der Waals surface area contributed by atoms with Crippen LogP contribution in [0.1, 0.15) is 30.0 Å². The zero-order valence-corrected chi connectivity index (χ0v) is 9.55. The monoisotopic (exact) mass is 205 g/mol. The van der Waals surface area contributed by atoms with E-state index in [1.807, 2.05) is 6.92 Å². The van der Waals surface area contributed by atoms with Crippen molar-refractivity contribution in [3.05, 3.63) is 34.9 Å². The first kappa shape index (κ1) is 10.7. The molecule has 0 spiro atoms. The summed E-state index contributed by atoms with van der Waals surface area (Å²) in [6.45, 7) is 5.46. The van der Waals surface area contributed by atoms with Gasteiger partial charge in [-0.05, 0) is 37.8 Å². The van der Waals surface area contributed by atoms with Crippen LogP contribution in [0.4, 0.5) is 0 Å². The Hall–Kier alpha value is -0.860. The molecule has 2 N–H and O–H groups in total. The number of nitrogens with two attached hydrogens (primary N) is 1. The smallest absolute Gasteiger partial charge is 0.106 e. The lowest BCUT2D eigenvalue weighted by Gasteiger charge is -2.29. The minimum Gasteiger partial charge on any atom is -0.369 e. The average Bonchev–Trinajstić information content (AvgIpc) is 2.58. The second-order valence-electron chi connectivity index (χ2n) is 4.29. The third kappa shape index (κ3) is 1.68. The first-order chi connectivity index (χ1) is 7.22. The lowest BCUT2D eigenvalue weighted by Crippen LogP contribution is -2.35. The highest BCUT2D eigenvalue weighted by atomic mass is 16.5. The number of ether oxygens (including phenoxy) is 1. The molecule has 0 saturated heterocycles. The van der Waals surface area contributed by atoms with Gasteiger partial charge >= 0.3 is 0 Å². The van der Waals surface area contributed by atoms with Crippen molar-refractivity contribution >= 4 is 0 Å². The molecule has 1 unspecified atom stereocenters. The maximum Gasteiger partial charge on any atom is 0.106 e. The van der Waals surface area contributed by atoms with E-state index < -0.39 is 0 Å². The number of hydrogen-bond acceptors (Lipinski definition) is 2. The summed E-state index contributed by atoms with van der Waals surface area (Å²) in [5, 5.41) is 0. The van der Waals surface area contributed by atoms with E-state index in [1.54, 1.807) is 0 Å². The van der Waals surface area contributed by atoms with Crippen molar-refractivity contribution in [2.75, 3.05) is 13.2 Å². The van der Waals surface area contributed by atoms with Crippen LogP contribution in [0.25, 0.3) is 0 Å². The highest BCUT2D eigenvalue weighted by Crippen LogP contribution is 2.39. The van der Waals surface area contributed by atoms with Crippen LogP contribution in [0, 0.1) is 6.92 Å². The second kappa shape index (κ2) is 3.95. The number of benzene rings is 1. The van der Waals surface area contributed by atoms with Gasteiger partial charge in [-0.2, -0.15) is 0 Å². The van der Waals surface area contributed by atoms with Crippen molar-refractivity contribution in [3.63, 3.8) is 0 Å². The third-order valence-electron chi connectivity index (χ3n) is 3.30. The van der Waals surface area contributed by atoms with E-state index in [-0.39, 0.29) is 5.60 Å².